The van der Waals surface area contributed by atoms with Gasteiger partial charge in [-0.05, 0) is 18.6 Å². The van der Waals surface area contributed by atoms with Crippen LogP contribution in [0, 0.1) is 6.92 Å². The largest absolute Gasteiger partial charge is 0.508 e. The highest BCUT2D eigenvalue weighted by Gasteiger charge is 2.01. The Balaban J connectivity index is 1.87. The van der Waals surface area contributed by atoms with Crippen LogP contribution in [0.5, 0.6) is 5.75 Å². The molecule has 1 aromatic carbocycles. The van der Waals surface area contributed by atoms with Gasteiger partial charge in [-0.15, -0.1) is 0 Å². The van der Waals surface area contributed by atoms with Gasteiger partial charge in [-0.25, -0.2) is 9.13 Å². The molecule has 0 aliphatic rings. The van der Waals surface area contributed by atoms with Crippen molar-refractivity contribution in [3.8, 4) is 5.75 Å². The fraction of sp³-hybridized carbons (Fsp3) is 0.308. The van der Waals surface area contributed by atoms with Crippen molar-refractivity contribution < 1.29 is 9.67 Å². The molecule has 0 saturated heterocycles. The van der Waals surface area contributed by atoms with Gasteiger partial charge in [-0.2, -0.15) is 0 Å². The first kappa shape index (κ1) is 11.5. The molecule has 0 amide bonds. The molecule has 17 heavy (non-hydrogen) atoms. The van der Waals surface area contributed by atoms with Crippen LogP contribution in [0.25, 0.3) is 0 Å². The van der Waals surface area contributed by atoms with Gasteiger partial charge in [0, 0.05) is 11.8 Å². The van der Waals surface area contributed by atoms with E-state index in [2.05, 4.69) is 9.88 Å². The third-order valence-corrected chi connectivity index (χ3v) is 2.73. The number of imidazole rings is 1. The summed E-state index contributed by atoms with van der Waals surface area (Å²) in [6.45, 7) is 3.62. The second-order valence-corrected chi connectivity index (χ2v) is 4.24. The maximum absolute atomic E-state index is 9.57. The van der Waals surface area contributed by atoms with E-state index in [-0.39, 0.29) is 0 Å². The van der Waals surface area contributed by atoms with Crippen molar-refractivity contribution >= 4 is 5.69 Å². The minimum Gasteiger partial charge on any atom is -0.508 e. The summed E-state index contributed by atoms with van der Waals surface area (Å²) in [4.78, 5) is 0. The number of benzene rings is 1. The second kappa shape index (κ2) is 4.91. The normalized spacial score (nSPS) is 10.5. The van der Waals surface area contributed by atoms with Crippen molar-refractivity contribution in [2.75, 3.05) is 11.9 Å². The number of nitrogens with zero attached hydrogens (tertiary/aromatic N) is 2. The van der Waals surface area contributed by atoms with Crippen LogP contribution in [0.4, 0.5) is 5.69 Å². The van der Waals surface area contributed by atoms with Gasteiger partial charge in [0.05, 0.1) is 13.6 Å². The molecule has 2 N–H and O–H groups in total. The van der Waals surface area contributed by atoms with Crippen molar-refractivity contribution in [2.45, 2.75) is 13.5 Å². The smallest absolute Gasteiger partial charge is 0.243 e. The van der Waals surface area contributed by atoms with Crippen LogP contribution in [-0.4, -0.2) is 16.2 Å². The van der Waals surface area contributed by atoms with Crippen LogP contribution in [-0.2, 0) is 13.6 Å². The average Bonchev–Trinajstić information content (AvgIpc) is 2.70. The lowest BCUT2D eigenvalue weighted by Crippen LogP contribution is -2.34. The lowest BCUT2D eigenvalue weighted by atomic mass is 10.2. The molecule has 2 rings (SSSR count). The molecule has 0 bridgehead atoms. The molecule has 90 valence electrons. The van der Waals surface area contributed by atoms with Gasteiger partial charge in [0.1, 0.15) is 24.7 Å². The van der Waals surface area contributed by atoms with E-state index in [1.807, 2.05) is 49.4 Å². The standard InChI is InChI=1S/C13H17N3O/c1-11-3-4-12(9-13(11)17)14-5-6-16-8-7-15(2)10-16/h3-4,7-10,14H,5-6H2,1-2H3/p+1. The fourth-order valence-electron chi connectivity index (χ4n) is 1.68. The van der Waals surface area contributed by atoms with E-state index in [4.69, 9.17) is 0 Å². The second-order valence-electron chi connectivity index (χ2n) is 4.24. The number of hydrogen-bond donors (Lipinski definition) is 2. The van der Waals surface area contributed by atoms with Gasteiger partial charge in [-0.1, -0.05) is 6.07 Å². The minimum atomic E-state index is 0.336. The van der Waals surface area contributed by atoms with Crippen LogP contribution in [0.15, 0.2) is 36.9 Å². The zero-order valence-corrected chi connectivity index (χ0v) is 10.2. The number of phenolic OH excluding ortho intramolecular Hbond substituents is 1. The molecule has 0 aliphatic carbocycles. The van der Waals surface area contributed by atoms with Crippen molar-refractivity contribution in [3.05, 3.63) is 42.5 Å². The van der Waals surface area contributed by atoms with Gasteiger partial charge in [-0.3, -0.25) is 0 Å². The highest BCUT2D eigenvalue weighted by atomic mass is 16.3. The first-order chi connectivity index (χ1) is 8.15. The lowest BCUT2D eigenvalue weighted by molar-refractivity contribution is -0.693. The molecule has 0 fully saturated rings. The fourth-order valence-corrected chi connectivity index (χ4v) is 1.68. The number of anilines is 1. The van der Waals surface area contributed by atoms with E-state index >= 15 is 0 Å². The summed E-state index contributed by atoms with van der Waals surface area (Å²) in [6.07, 6.45) is 6.08. The highest BCUT2D eigenvalue weighted by molar-refractivity contribution is 5.50. The average molecular weight is 232 g/mol. The van der Waals surface area contributed by atoms with E-state index < -0.39 is 0 Å². The molecular formula is C13H18N3O+. The maximum Gasteiger partial charge on any atom is 0.243 e. The molecule has 0 spiro atoms. The Morgan fingerprint density at radius 2 is 2.24 bits per heavy atom. The molecular weight excluding hydrogens is 214 g/mol. The molecule has 4 nitrogen and oxygen atoms in total. The summed E-state index contributed by atoms with van der Waals surface area (Å²) < 4.78 is 4.12. The number of aromatic nitrogens is 2. The Morgan fingerprint density at radius 1 is 1.41 bits per heavy atom. The van der Waals surface area contributed by atoms with Gasteiger partial charge < -0.3 is 10.4 Å². The lowest BCUT2D eigenvalue weighted by Gasteiger charge is -2.06. The zero-order valence-electron chi connectivity index (χ0n) is 10.2. The van der Waals surface area contributed by atoms with Gasteiger partial charge in [0.25, 0.3) is 0 Å². The molecule has 2 aromatic rings. The van der Waals surface area contributed by atoms with E-state index in [9.17, 15) is 5.11 Å². The Morgan fingerprint density at radius 3 is 2.88 bits per heavy atom. The van der Waals surface area contributed by atoms with E-state index in [1.54, 1.807) is 6.07 Å². The molecule has 0 aliphatic heterocycles. The highest BCUT2D eigenvalue weighted by Crippen LogP contribution is 2.20. The van der Waals surface area contributed by atoms with Crippen LogP contribution < -0.4 is 9.88 Å². The molecule has 0 radical (unpaired) electrons. The number of aryl methyl sites for hydroxylation is 2. The molecule has 0 unspecified atom stereocenters. The predicted octanol–water partition coefficient (Wildman–Crippen LogP) is 1.44. The molecule has 0 atom stereocenters. The first-order valence-corrected chi connectivity index (χ1v) is 5.69. The van der Waals surface area contributed by atoms with Crippen molar-refractivity contribution in [1.82, 2.24) is 4.57 Å². The Bertz CT molecular complexity index is 505. The maximum atomic E-state index is 9.57. The monoisotopic (exact) mass is 232 g/mol. The van der Waals surface area contributed by atoms with Crippen molar-refractivity contribution in [1.29, 1.82) is 0 Å². The third kappa shape index (κ3) is 3.00. The Labute approximate surface area is 101 Å². The number of hydrogen-bond acceptors (Lipinski definition) is 2. The number of phenols is 1. The summed E-state index contributed by atoms with van der Waals surface area (Å²) in [6, 6.07) is 5.64. The van der Waals surface area contributed by atoms with E-state index in [1.165, 1.54) is 0 Å². The molecule has 1 aromatic heterocycles. The SMILES string of the molecule is Cc1ccc(NCC[n+]2ccn(C)c2)cc1O. The number of nitrogens with one attached hydrogen (secondary N) is 1. The predicted molar refractivity (Wildman–Crippen MR) is 66.9 cm³/mol. The van der Waals surface area contributed by atoms with E-state index in [0.717, 1.165) is 24.3 Å². The Hall–Kier alpha value is -1.97. The summed E-state index contributed by atoms with van der Waals surface area (Å²) >= 11 is 0. The summed E-state index contributed by atoms with van der Waals surface area (Å²) in [5.74, 6) is 0.336. The third-order valence-electron chi connectivity index (χ3n) is 2.73. The minimum absolute atomic E-state index is 0.336. The van der Waals surface area contributed by atoms with Crippen LogP contribution >= 0.6 is 0 Å². The molecule has 1 heterocycles. The zero-order chi connectivity index (χ0) is 12.3. The first-order valence-electron chi connectivity index (χ1n) is 5.69. The Kier molecular flexibility index (Phi) is 3.32. The topological polar surface area (TPSA) is 41.1 Å². The quantitative estimate of drug-likeness (QED) is 0.783. The van der Waals surface area contributed by atoms with Crippen molar-refractivity contribution in [3.63, 3.8) is 0 Å². The molecule has 0 saturated carbocycles. The van der Waals surface area contributed by atoms with Gasteiger partial charge >= 0.3 is 0 Å². The number of aromatic hydroxyl groups is 1. The van der Waals surface area contributed by atoms with Crippen LogP contribution in [0.2, 0.25) is 0 Å². The van der Waals surface area contributed by atoms with Crippen molar-refractivity contribution in [2.24, 2.45) is 7.05 Å². The molecule has 4 heteroatoms. The number of rotatable bonds is 4. The summed E-state index contributed by atoms with van der Waals surface area (Å²) in [5.41, 5.74) is 1.85. The van der Waals surface area contributed by atoms with Gasteiger partial charge in [0.2, 0.25) is 6.33 Å². The van der Waals surface area contributed by atoms with Crippen LogP contribution in [0.1, 0.15) is 5.56 Å². The van der Waals surface area contributed by atoms with Gasteiger partial charge in [0.15, 0.2) is 0 Å². The summed E-state index contributed by atoms with van der Waals surface area (Å²) in [7, 11) is 2.00. The van der Waals surface area contributed by atoms with Crippen LogP contribution in [0.3, 0.4) is 0 Å². The van der Waals surface area contributed by atoms with E-state index in [0.29, 0.717) is 5.75 Å². The summed E-state index contributed by atoms with van der Waals surface area (Å²) in [5, 5.41) is 12.9.